The van der Waals surface area contributed by atoms with Gasteiger partial charge in [-0.25, -0.2) is 0 Å². The summed E-state index contributed by atoms with van der Waals surface area (Å²) in [4.78, 5) is 15.3. The number of unbranched alkanes of at least 4 members (excludes halogenated alkanes) is 5. The van der Waals surface area contributed by atoms with Crippen molar-refractivity contribution in [3.05, 3.63) is 70.3 Å². The van der Waals surface area contributed by atoms with Gasteiger partial charge in [0.25, 0.3) is 5.56 Å². The van der Waals surface area contributed by atoms with Crippen molar-refractivity contribution < 1.29 is 31.1 Å². The van der Waals surface area contributed by atoms with Crippen LogP contribution in [-0.2, 0) is 6.42 Å². The largest absolute Gasteiger partial charge is 2.00 e. The Hall–Kier alpha value is -1.50. The molecule has 0 radical (unpaired) electrons. The summed E-state index contributed by atoms with van der Waals surface area (Å²) in [6.45, 7) is 30.1. The zero-order valence-corrected chi connectivity index (χ0v) is 39.8. The number of benzene rings is 1. The van der Waals surface area contributed by atoms with Crippen molar-refractivity contribution in [2.75, 3.05) is 5.73 Å². The van der Waals surface area contributed by atoms with E-state index in [9.17, 15) is 4.79 Å². The van der Waals surface area contributed by atoms with Crippen LogP contribution >= 0.6 is 0 Å². The third-order valence-electron chi connectivity index (χ3n) is 8.02. The van der Waals surface area contributed by atoms with Crippen LogP contribution in [0.2, 0.25) is 0 Å². The Morgan fingerprint density at radius 1 is 0.800 bits per heavy atom. The molecule has 0 saturated heterocycles. The summed E-state index contributed by atoms with van der Waals surface area (Å²) in [5, 5.41) is 1.62. The summed E-state index contributed by atoms with van der Waals surface area (Å²) in [7, 11) is 0. The molecular weight excluding hydrogens is 835 g/mol. The minimum Gasteiger partial charge on any atom is -0.449 e. The average Bonchev–Trinajstić information content (AvgIpc) is 3.09. The van der Waals surface area contributed by atoms with Crippen molar-refractivity contribution in [2.24, 2.45) is 5.92 Å². The van der Waals surface area contributed by atoms with Crippen LogP contribution in [0.1, 0.15) is 191 Å². The summed E-state index contributed by atoms with van der Waals surface area (Å²) >= 11 is 0. The van der Waals surface area contributed by atoms with Crippen molar-refractivity contribution in [2.45, 2.75) is 192 Å². The molecule has 50 heavy (non-hydrogen) atoms. The first-order chi connectivity index (χ1) is 23.2. The van der Waals surface area contributed by atoms with E-state index in [-0.39, 0.29) is 44.1 Å². The molecular formula is C46H84N2OU. The number of aromatic amines is 1. The number of H-pyrrole nitrogens is 1. The van der Waals surface area contributed by atoms with Gasteiger partial charge in [0.1, 0.15) is 0 Å². The van der Waals surface area contributed by atoms with E-state index in [2.05, 4.69) is 86.9 Å². The second-order valence-corrected chi connectivity index (χ2v) is 12.5. The van der Waals surface area contributed by atoms with Crippen LogP contribution in [0.3, 0.4) is 0 Å². The zero-order chi connectivity index (χ0) is 37.2. The van der Waals surface area contributed by atoms with Crippen LogP contribution in [-0.4, -0.2) is 4.98 Å². The summed E-state index contributed by atoms with van der Waals surface area (Å²) in [5.41, 5.74) is 10.8. The van der Waals surface area contributed by atoms with E-state index in [0.29, 0.717) is 5.22 Å². The fourth-order valence-corrected chi connectivity index (χ4v) is 5.15. The molecule has 0 aliphatic heterocycles. The molecule has 1 aromatic carbocycles. The first kappa shape index (κ1) is 57.8. The fraction of sp³-hybridized carbons (Fsp3) is 0.652. The van der Waals surface area contributed by atoms with Gasteiger partial charge >= 0.3 is 31.1 Å². The number of hydrogen-bond acceptors (Lipinski definition) is 2. The number of anilines is 1. The van der Waals surface area contributed by atoms with E-state index < -0.39 is 0 Å². The number of hydrogen-bond donors (Lipinski definition) is 2. The van der Waals surface area contributed by atoms with Crippen molar-refractivity contribution in [1.29, 1.82) is 0 Å². The first-order valence-corrected chi connectivity index (χ1v) is 20.1. The number of nitrogen functional groups attached to an aromatic ring is 1. The van der Waals surface area contributed by atoms with Gasteiger partial charge in [0.2, 0.25) is 0 Å². The molecule has 0 amide bonds. The van der Waals surface area contributed by atoms with Gasteiger partial charge in [0.15, 0.2) is 0 Å². The Balaban J connectivity index is -0.000000233. The normalized spacial score (nSPS) is 10.5. The summed E-state index contributed by atoms with van der Waals surface area (Å²) < 4.78 is 0. The maximum Gasteiger partial charge on any atom is 2.00 e. The van der Waals surface area contributed by atoms with E-state index in [1.54, 1.807) is 6.20 Å². The van der Waals surface area contributed by atoms with E-state index >= 15 is 0 Å². The molecule has 0 saturated carbocycles. The number of aromatic nitrogens is 1. The van der Waals surface area contributed by atoms with Gasteiger partial charge in [-0.05, 0) is 29.5 Å². The van der Waals surface area contributed by atoms with Crippen LogP contribution < -0.4 is 21.7 Å². The Labute approximate surface area is 337 Å². The summed E-state index contributed by atoms with van der Waals surface area (Å²) in [6.07, 6.45) is 27.1. The van der Waals surface area contributed by atoms with Crippen molar-refractivity contribution in [3.63, 3.8) is 0 Å². The molecule has 0 spiro atoms. The maximum atomic E-state index is 12.5. The van der Waals surface area contributed by atoms with Crippen LogP contribution in [0, 0.1) is 50.5 Å². The summed E-state index contributed by atoms with van der Waals surface area (Å²) in [5.74, 6) is 1.03. The topological polar surface area (TPSA) is 58.9 Å². The Bertz CT molecular complexity index is 1190. The number of nitrogens with two attached hydrogens (primary N) is 1. The third kappa shape index (κ3) is 28.1. The minimum absolute atomic E-state index is 0. The van der Waals surface area contributed by atoms with Gasteiger partial charge in [0.05, 0.1) is 0 Å². The van der Waals surface area contributed by atoms with Crippen LogP contribution in [0.5, 0.6) is 0 Å². The number of pyridine rings is 1. The third-order valence-corrected chi connectivity index (χ3v) is 8.02. The van der Waals surface area contributed by atoms with Gasteiger partial charge in [-0.15, -0.1) is 17.2 Å². The predicted molar refractivity (Wildman–Crippen MR) is 229 cm³/mol. The smallest absolute Gasteiger partial charge is 0.449 e. The molecule has 0 aliphatic carbocycles. The quantitative estimate of drug-likeness (QED) is 0.123. The molecule has 3 N–H and O–H groups in total. The van der Waals surface area contributed by atoms with Gasteiger partial charge in [-0.1, -0.05) is 209 Å². The molecule has 0 fully saturated rings. The molecule has 0 aliphatic rings. The van der Waals surface area contributed by atoms with Crippen LogP contribution in [0.25, 0.3) is 23.3 Å². The molecule has 1 heterocycles. The minimum atomic E-state index is -0.0696. The Morgan fingerprint density at radius 3 is 1.76 bits per heavy atom. The van der Waals surface area contributed by atoms with Gasteiger partial charge in [-0.3, -0.25) is 4.79 Å². The van der Waals surface area contributed by atoms with Crippen LogP contribution in [0.15, 0.2) is 35.3 Å². The van der Waals surface area contributed by atoms with Gasteiger partial charge in [-0.2, -0.15) is 12.1 Å². The van der Waals surface area contributed by atoms with E-state index in [1.807, 2.05) is 38.1 Å². The van der Waals surface area contributed by atoms with Gasteiger partial charge in [0, 0.05) is 11.4 Å². The monoisotopic (exact) mass is 919 g/mol. The molecule has 2 rings (SSSR count). The number of rotatable bonds is 17. The summed E-state index contributed by atoms with van der Waals surface area (Å²) in [6, 6.07) is 7.19. The van der Waals surface area contributed by atoms with E-state index in [4.69, 9.17) is 5.73 Å². The van der Waals surface area contributed by atoms with Crippen molar-refractivity contribution in [3.8, 4) is 11.1 Å². The predicted octanol–water partition coefficient (Wildman–Crippen LogP) is 13.6. The van der Waals surface area contributed by atoms with Crippen molar-refractivity contribution in [1.82, 2.24) is 4.98 Å². The molecule has 4 heteroatoms. The fourth-order valence-electron chi connectivity index (χ4n) is 5.15. The number of aryl methyl sites for hydroxylation is 1. The molecule has 0 atom stereocenters. The van der Waals surface area contributed by atoms with Crippen molar-refractivity contribution >= 4 is 17.8 Å². The molecule has 1 aromatic heterocycles. The second-order valence-electron chi connectivity index (χ2n) is 12.5. The molecule has 0 unspecified atom stereocenters. The van der Waals surface area contributed by atoms with E-state index in [0.717, 1.165) is 71.2 Å². The Morgan fingerprint density at radius 2 is 1.36 bits per heavy atom. The number of allylic oxidation sites excluding steroid dienone is 1. The standard InChI is InChI=1S/C23H29N2O.C11H24.C5H12.C4H10.C2H6.CH3.U/c1-5-8-10-19-20(13-16(4)9-6-2)21(15-25-23(19)26)18-12-11-17(7-3)22(24)14-18;1-4-7-10-11(8-5-2)9-6-3;1-3-5-4-2;1-3-4-2;1-2;;/h10,12-15H,4-9,24H2,1-3H3,(H,25,26);11H,4-10H2,1-3H3;3-5H2,1-2H3;3-4H2,1-2H3;1-2H3;1H3;/q-1;;;;;-1;+2/b19-10+,20-13+;;;;;;. The zero-order valence-electron chi connectivity index (χ0n) is 35.7. The molecule has 2 aromatic rings. The average molecular weight is 919 g/mol. The van der Waals surface area contributed by atoms with Gasteiger partial charge < -0.3 is 18.1 Å². The molecule has 288 valence electrons. The Kier molecular flexibility index (Phi) is 48.5. The molecule has 3 nitrogen and oxygen atoms in total. The SMILES string of the molecule is C=C(/C=c1/c(-c2c[c-]c(CC)c(N)c2)c[nH]c(=O)/c1=C/CCC)CCC.CC.CCCC.CCCCC.CCCCC(CCC)CCC.[CH3-].[U+2]. The molecule has 0 bridgehead atoms. The van der Waals surface area contributed by atoms with E-state index in [1.165, 1.54) is 77.0 Å². The first-order valence-electron chi connectivity index (χ1n) is 20.1. The van der Waals surface area contributed by atoms with Crippen LogP contribution in [0.4, 0.5) is 5.69 Å². The maximum absolute atomic E-state index is 12.5. The second kappa shape index (κ2) is 41.9. The number of nitrogens with one attached hydrogen (secondary N) is 1.